The van der Waals surface area contributed by atoms with Crippen LogP contribution in [0.15, 0.2) is 44.4 Å². The summed E-state index contributed by atoms with van der Waals surface area (Å²) in [6.45, 7) is 4.41. The Morgan fingerprint density at radius 3 is 2.76 bits per heavy atom. The molecule has 11 heteroatoms. The zero-order valence-corrected chi connectivity index (χ0v) is 18.6. The summed E-state index contributed by atoms with van der Waals surface area (Å²) in [6.07, 6.45) is 0.384. The highest BCUT2D eigenvalue weighted by Crippen LogP contribution is 2.24. The maximum Gasteiger partial charge on any atom is 0.330 e. The molecule has 2 aromatic heterocycles. The Morgan fingerprint density at radius 1 is 1.33 bits per heavy atom. The zero-order chi connectivity index (χ0) is 24.1. The summed E-state index contributed by atoms with van der Waals surface area (Å²) in [5.41, 5.74) is 5.25. The summed E-state index contributed by atoms with van der Waals surface area (Å²) in [6, 6.07) is 7.03. The fraction of sp³-hybridized carbons (Fsp3) is 0.364. The number of benzene rings is 1. The van der Waals surface area contributed by atoms with Gasteiger partial charge in [0.2, 0.25) is 5.76 Å². The summed E-state index contributed by atoms with van der Waals surface area (Å²) >= 11 is 0. The highest BCUT2D eigenvalue weighted by atomic mass is 19.1. The molecule has 10 nitrogen and oxygen atoms in total. The third-order valence-corrected chi connectivity index (χ3v) is 4.85. The number of aromatic amines is 1. The first-order valence-electron chi connectivity index (χ1n) is 10.4. The van der Waals surface area contributed by atoms with E-state index in [1.807, 2.05) is 13.8 Å². The lowest BCUT2D eigenvalue weighted by Crippen LogP contribution is -2.42. The van der Waals surface area contributed by atoms with Crippen LogP contribution >= 0.6 is 0 Å². The van der Waals surface area contributed by atoms with Gasteiger partial charge >= 0.3 is 5.69 Å². The van der Waals surface area contributed by atoms with Crippen molar-refractivity contribution in [1.82, 2.24) is 14.7 Å². The number of nitrogen functional groups attached to an aromatic ring is 1. The van der Waals surface area contributed by atoms with Crippen LogP contribution in [0.4, 0.5) is 15.9 Å². The lowest BCUT2D eigenvalue weighted by molar-refractivity contribution is 0.0947. The highest BCUT2D eigenvalue weighted by Gasteiger charge is 2.28. The van der Waals surface area contributed by atoms with Gasteiger partial charge < -0.3 is 15.0 Å². The third-order valence-electron chi connectivity index (χ3n) is 4.85. The number of halogens is 1. The molecule has 0 aliphatic carbocycles. The monoisotopic (exact) mass is 459 g/mol. The van der Waals surface area contributed by atoms with E-state index in [9.17, 15) is 18.8 Å². The van der Waals surface area contributed by atoms with Gasteiger partial charge in [-0.1, -0.05) is 31.1 Å². The van der Waals surface area contributed by atoms with Crippen LogP contribution < -0.4 is 21.9 Å². The minimum atomic E-state index is -0.798. The van der Waals surface area contributed by atoms with Gasteiger partial charge in [0.1, 0.15) is 17.3 Å². The van der Waals surface area contributed by atoms with Gasteiger partial charge in [-0.2, -0.15) is 0 Å². The molecule has 0 radical (unpaired) electrons. The number of ether oxygens (including phenoxy) is 1. The maximum absolute atomic E-state index is 13.6. The first kappa shape index (κ1) is 23.9. The van der Waals surface area contributed by atoms with Crippen molar-refractivity contribution in [2.75, 3.05) is 30.9 Å². The second-order valence-corrected chi connectivity index (χ2v) is 7.89. The minimum Gasteiger partial charge on any atom is -0.385 e. The number of nitrogens with one attached hydrogen (secondary N) is 1. The number of hydrogen-bond donors (Lipinski definition) is 2. The zero-order valence-electron chi connectivity index (χ0n) is 18.6. The molecule has 33 heavy (non-hydrogen) atoms. The smallest absolute Gasteiger partial charge is 0.330 e. The van der Waals surface area contributed by atoms with Crippen LogP contribution in [0.2, 0.25) is 0 Å². The molecule has 0 aliphatic rings. The predicted molar refractivity (Wildman–Crippen MR) is 121 cm³/mol. The summed E-state index contributed by atoms with van der Waals surface area (Å²) < 4.78 is 25.1. The van der Waals surface area contributed by atoms with E-state index in [0.717, 1.165) is 4.90 Å². The molecular weight excluding hydrogens is 433 g/mol. The van der Waals surface area contributed by atoms with Gasteiger partial charge in [0.25, 0.3) is 11.5 Å². The summed E-state index contributed by atoms with van der Waals surface area (Å²) in [4.78, 5) is 41.7. The molecule has 0 atom stereocenters. The average molecular weight is 459 g/mol. The fourth-order valence-electron chi connectivity index (χ4n) is 3.36. The summed E-state index contributed by atoms with van der Waals surface area (Å²) in [7, 11) is 1.51. The van der Waals surface area contributed by atoms with Crippen LogP contribution in [0.1, 0.15) is 30.8 Å². The van der Waals surface area contributed by atoms with Gasteiger partial charge in [-0.05, 0) is 24.5 Å². The number of anilines is 2. The van der Waals surface area contributed by atoms with Crippen LogP contribution in [-0.4, -0.2) is 40.9 Å². The van der Waals surface area contributed by atoms with Crippen molar-refractivity contribution in [2.45, 2.75) is 26.8 Å². The molecule has 1 aromatic carbocycles. The maximum atomic E-state index is 13.6. The molecule has 3 N–H and O–H groups in total. The largest absolute Gasteiger partial charge is 0.385 e. The SMILES string of the molecule is COCCCN(C(=O)c1cc(-c2cccc(F)c2)no1)c1c(N)n(CC(C)C)c(=O)[nH]c1=O. The van der Waals surface area contributed by atoms with Crippen molar-refractivity contribution in [1.29, 1.82) is 0 Å². The number of carbonyl (C=O) groups is 1. The molecule has 0 bridgehead atoms. The Labute approximate surface area is 188 Å². The Hall–Kier alpha value is -3.73. The van der Waals surface area contributed by atoms with E-state index in [1.165, 1.54) is 35.9 Å². The average Bonchev–Trinajstić information content (AvgIpc) is 3.25. The molecule has 0 aliphatic heterocycles. The van der Waals surface area contributed by atoms with E-state index in [1.54, 1.807) is 6.07 Å². The fourth-order valence-corrected chi connectivity index (χ4v) is 3.36. The first-order valence-corrected chi connectivity index (χ1v) is 10.4. The van der Waals surface area contributed by atoms with Crippen molar-refractivity contribution in [3.05, 3.63) is 62.7 Å². The second kappa shape index (κ2) is 10.3. The lowest BCUT2D eigenvalue weighted by Gasteiger charge is -2.23. The lowest BCUT2D eigenvalue weighted by atomic mass is 10.1. The van der Waals surface area contributed by atoms with Crippen molar-refractivity contribution < 1.29 is 18.4 Å². The highest BCUT2D eigenvalue weighted by molar-refractivity contribution is 6.05. The van der Waals surface area contributed by atoms with Gasteiger partial charge in [0.15, 0.2) is 5.69 Å². The number of methoxy groups -OCH3 is 1. The van der Waals surface area contributed by atoms with Gasteiger partial charge in [-0.15, -0.1) is 0 Å². The molecule has 2 heterocycles. The van der Waals surface area contributed by atoms with E-state index < -0.39 is 23.0 Å². The molecule has 3 aromatic rings. The number of nitrogens with two attached hydrogens (primary N) is 1. The van der Waals surface area contributed by atoms with E-state index in [-0.39, 0.29) is 42.0 Å². The second-order valence-electron chi connectivity index (χ2n) is 7.89. The van der Waals surface area contributed by atoms with Crippen LogP contribution in [-0.2, 0) is 11.3 Å². The topological polar surface area (TPSA) is 136 Å². The van der Waals surface area contributed by atoms with Gasteiger partial charge in [0, 0.05) is 38.4 Å². The summed E-state index contributed by atoms with van der Waals surface area (Å²) in [5, 5.41) is 3.85. The molecule has 0 spiro atoms. The Balaban J connectivity index is 2.05. The van der Waals surface area contributed by atoms with Crippen LogP contribution in [0.3, 0.4) is 0 Å². The van der Waals surface area contributed by atoms with Crippen molar-refractivity contribution in [2.24, 2.45) is 5.92 Å². The standard InChI is InChI=1S/C22H26FN5O5/c1-13(2)12-28-19(24)18(20(29)25-22(28)31)27(8-5-9-32-3)21(30)17-11-16(26-33-17)14-6-4-7-15(23)10-14/h4,6-7,10-11,13H,5,8-9,12,24H2,1-3H3,(H,25,29,31). The predicted octanol–water partition coefficient (Wildman–Crippen LogP) is 2.25. The van der Waals surface area contributed by atoms with Gasteiger partial charge in [-0.25, -0.2) is 9.18 Å². The van der Waals surface area contributed by atoms with E-state index >= 15 is 0 Å². The first-order chi connectivity index (χ1) is 15.7. The van der Waals surface area contributed by atoms with Gasteiger partial charge in [0.05, 0.1) is 0 Å². The number of nitrogens with zero attached hydrogens (tertiary/aromatic N) is 3. The van der Waals surface area contributed by atoms with Crippen LogP contribution in [0, 0.1) is 11.7 Å². The number of amides is 1. The summed E-state index contributed by atoms with van der Waals surface area (Å²) in [5.74, 6) is -1.39. The molecule has 0 unspecified atom stereocenters. The number of hydrogen-bond acceptors (Lipinski definition) is 7. The van der Waals surface area contributed by atoms with Gasteiger partial charge in [-0.3, -0.25) is 24.0 Å². The quantitative estimate of drug-likeness (QED) is 0.468. The molecular formula is C22H26FN5O5. The number of carbonyl (C=O) groups excluding carboxylic acids is 1. The number of aromatic nitrogens is 3. The number of H-pyrrole nitrogens is 1. The van der Waals surface area contributed by atoms with Crippen molar-refractivity contribution in [3.63, 3.8) is 0 Å². The number of rotatable bonds is 9. The Kier molecular flexibility index (Phi) is 7.44. The molecule has 1 amide bonds. The van der Waals surface area contributed by atoms with E-state index in [4.69, 9.17) is 15.0 Å². The normalized spacial score (nSPS) is 11.2. The van der Waals surface area contributed by atoms with E-state index in [2.05, 4.69) is 10.1 Å². The molecule has 176 valence electrons. The molecule has 3 rings (SSSR count). The minimum absolute atomic E-state index is 0.0597. The van der Waals surface area contributed by atoms with Crippen molar-refractivity contribution in [3.8, 4) is 11.3 Å². The van der Waals surface area contributed by atoms with Crippen molar-refractivity contribution >= 4 is 17.4 Å². The Morgan fingerprint density at radius 2 is 2.09 bits per heavy atom. The third kappa shape index (κ3) is 5.37. The molecule has 0 saturated heterocycles. The Bertz CT molecular complexity index is 1250. The van der Waals surface area contributed by atoms with E-state index in [0.29, 0.717) is 18.6 Å². The van der Waals surface area contributed by atoms with Crippen LogP contribution in [0.5, 0.6) is 0 Å². The molecule has 0 fully saturated rings. The molecule has 0 saturated carbocycles. The van der Waals surface area contributed by atoms with Crippen LogP contribution in [0.25, 0.3) is 11.3 Å².